The van der Waals surface area contributed by atoms with E-state index in [9.17, 15) is 4.79 Å². The molecule has 0 aliphatic heterocycles. The van der Waals surface area contributed by atoms with Gasteiger partial charge in [0, 0.05) is 17.1 Å². The van der Waals surface area contributed by atoms with E-state index in [0.29, 0.717) is 0 Å². The van der Waals surface area contributed by atoms with Gasteiger partial charge in [0.15, 0.2) is 0 Å². The number of likely N-dealkylation sites (N-methyl/N-ethyl adjacent to an activating group) is 1. The van der Waals surface area contributed by atoms with Crippen LogP contribution < -0.4 is 0 Å². The van der Waals surface area contributed by atoms with Gasteiger partial charge in [0.25, 0.3) is 0 Å². The van der Waals surface area contributed by atoms with Crippen molar-refractivity contribution in [1.82, 2.24) is 9.88 Å². The summed E-state index contributed by atoms with van der Waals surface area (Å²) >= 11 is 1.56. The lowest BCUT2D eigenvalue weighted by molar-refractivity contribution is -0.138. The van der Waals surface area contributed by atoms with Gasteiger partial charge in [-0.05, 0) is 13.5 Å². The van der Waals surface area contributed by atoms with Gasteiger partial charge in [-0.2, -0.15) is 0 Å². The first kappa shape index (κ1) is 11.1. The van der Waals surface area contributed by atoms with Gasteiger partial charge >= 0.3 is 5.97 Å². The molecule has 5 heteroatoms. The van der Waals surface area contributed by atoms with Gasteiger partial charge < -0.3 is 5.11 Å². The number of thiazole rings is 1. The van der Waals surface area contributed by atoms with E-state index in [1.54, 1.807) is 23.0 Å². The van der Waals surface area contributed by atoms with Crippen molar-refractivity contribution in [3.8, 4) is 0 Å². The summed E-state index contributed by atoms with van der Waals surface area (Å²) in [6.45, 7) is 4.77. The Morgan fingerprint density at radius 2 is 2.50 bits per heavy atom. The summed E-state index contributed by atoms with van der Waals surface area (Å²) in [6, 6.07) is 0.128. The molecule has 4 nitrogen and oxygen atoms in total. The van der Waals surface area contributed by atoms with Gasteiger partial charge in [-0.25, -0.2) is 0 Å². The van der Waals surface area contributed by atoms with Crippen LogP contribution in [-0.4, -0.2) is 34.0 Å². The lowest BCUT2D eigenvalue weighted by atomic mass is 10.2. The van der Waals surface area contributed by atoms with Crippen molar-refractivity contribution in [1.29, 1.82) is 0 Å². The number of hydrogen-bond donors (Lipinski definition) is 1. The number of carboxylic acids is 1. The highest BCUT2D eigenvalue weighted by atomic mass is 32.1. The van der Waals surface area contributed by atoms with Crippen LogP contribution in [0.25, 0.3) is 0 Å². The third-order valence-corrected chi connectivity index (χ3v) is 3.10. The van der Waals surface area contributed by atoms with Crippen molar-refractivity contribution in [2.75, 3.05) is 13.1 Å². The van der Waals surface area contributed by atoms with Crippen LogP contribution in [0, 0.1) is 0 Å². The van der Waals surface area contributed by atoms with E-state index < -0.39 is 5.97 Å². The maximum atomic E-state index is 10.6. The van der Waals surface area contributed by atoms with Crippen LogP contribution >= 0.6 is 11.3 Å². The molecule has 0 aliphatic carbocycles. The smallest absolute Gasteiger partial charge is 0.317 e. The minimum atomic E-state index is -0.789. The molecule has 0 amide bonds. The van der Waals surface area contributed by atoms with Gasteiger partial charge in [0.1, 0.15) is 0 Å². The second-order valence-electron chi connectivity index (χ2n) is 3.04. The first-order chi connectivity index (χ1) is 6.65. The molecule has 0 aromatic carbocycles. The van der Waals surface area contributed by atoms with Crippen LogP contribution in [0.15, 0.2) is 11.7 Å². The Balaban J connectivity index is 2.65. The van der Waals surface area contributed by atoms with Crippen LogP contribution in [0.4, 0.5) is 0 Å². The Hall–Kier alpha value is -0.940. The highest BCUT2D eigenvalue weighted by Crippen LogP contribution is 2.22. The number of hydrogen-bond acceptors (Lipinski definition) is 4. The topological polar surface area (TPSA) is 53.4 Å². The SMILES string of the molecule is CCN(CC(=O)O)C(C)c1cncs1. The van der Waals surface area contributed by atoms with Gasteiger partial charge in [-0.15, -0.1) is 11.3 Å². The molecular formula is C9H14N2O2S. The van der Waals surface area contributed by atoms with Crippen molar-refractivity contribution >= 4 is 17.3 Å². The summed E-state index contributed by atoms with van der Waals surface area (Å²) in [6.07, 6.45) is 1.79. The lowest BCUT2D eigenvalue weighted by Gasteiger charge is -2.24. The van der Waals surface area contributed by atoms with Crippen LogP contribution in [0.2, 0.25) is 0 Å². The van der Waals surface area contributed by atoms with E-state index in [1.807, 2.05) is 18.7 Å². The molecule has 0 saturated carbocycles. The molecule has 1 atom stereocenters. The highest BCUT2D eigenvalue weighted by Gasteiger charge is 2.17. The van der Waals surface area contributed by atoms with Crippen LogP contribution in [0.5, 0.6) is 0 Å². The van der Waals surface area contributed by atoms with Gasteiger partial charge in [0.05, 0.1) is 12.1 Å². The fourth-order valence-electron chi connectivity index (χ4n) is 1.31. The molecule has 1 aromatic rings. The molecule has 0 bridgehead atoms. The number of nitrogens with zero attached hydrogens (tertiary/aromatic N) is 2. The van der Waals surface area contributed by atoms with Gasteiger partial charge in [-0.3, -0.25) is 14.7 Å². The molecule has 1 N–H and O–H groups in total. The third kappa shape index (κ3) is 2.78. The summed E-state index contributed by atoms with van der Waals surface area (Å²) < 4.78 is 0. The summed E-state index contributed by atoms with van der Waals surface area (Å²) in [4.78, 5) is 17.6. The molecule has 1 rings (SSSR count). The predicted octanol–water partition coefficient (Wildman–Crippen LogP) is 1.61. The molecule has 1 unspecified atom stereocenters. The average molecular weight is 214 g/mol. The Morgan fingerprint density at radius 3 is 2.93 bits per heavy atom. The number of carbonyl (C=O) groups is 1. The van der Waals surface area contributed by atoms with E-state index in [0.717, 1.165) is 11.4 Å². The Bertz CT molecular complexity index is 287. The summed E-state index contributed by atoms with van der Waals surface area (Å²) in [5.74, 6) is -0.789. The molecule has 0 saturated heterocycles. The number of aliphatic carboxylic acids is 1. The van der Waals surface area contributed by atoms with E-state index in [2.05, 4.69) is 4.98 Å². The number of aromatic nitrogens is 1. The standard InChI is InChI=1S/C9H14N2O2S/c1-3-11(5-9(12)13)7(2)8-4-10-6-14-8/h4,6-7H,3,5H2,1-2H3,(H,12,13). The van der Waals surface area contributed by atoms with Gasteiger partial charge in [-0.1, -0.05) is 6.92 Å². The quantitative estimate of drug-likeness (QED) is 0.809. The number of carboxylic acid groups (broad SMARTS) is 1. The van der Waals surface area contributed by atoms with Crippen molar-refractivity contribution in [2.24, 2.45) is 0 Å². The molecule has 1 aromatic heterocycles. The third-order valence-electron chi connectivity index (χ3n) is 2.16. The zero-order valence-electron chi connectivity index (χ0n) is 8.30. The summed E-state index contributed by atoms with van der Waals surface area (Å²) in [5, 5.41) is 8.71. The Kier molecular flexibility index (Phi) is 4.03. The highest BCUT2D eigenvalue weighted by molar-refractivity contribution is 7.09. The minimum Gasteiger partial charge on any atom is -0.480 e. The van der Waals surface area contributed by atoms with Crippen molar-refractivity contribution in [3.63, 3.8) is 0 Å². The maximum Gasteiger partial charge on any atom is 0.317 e. The molecular weight excluding hydrogens is 200 g/mol. The van der Waals surface area contributed by atoms with Crippen LogP contribution in [0.3, 0.4) is 0 Å². The molecule has 78 valence electrons. The van der Waals surface area contributed by atoms with Crippen molar-refractivity contribution in [2.45, 2.75) is 19.9 Å². The predicted molar refractivity (Wildman–Crippen MR) is 55.4 cm³/mol. The maximum absolute atomic E-state index is 10.6. The molecule has 0 aliphatic rings. The molecule has 0 fully saturated rings. The zero-order valence-corrected chi connectivity index (χ0v) is 9.12. The molecule has 14 heavy (non-hydrogen) atoms. The first-order valence-electron chi connectivity index (χ1n) is 4.49. The molecule has 1 heterocycles. The fraction of sp³-hybridized carbons (Fsp3) is 0.556. The monoisotopic (exact) mass is 214 g/mol. The van der Waals surface area contributed by atoms with E-state index in [1.165, 1.54) is 0 Å². The minimum absolute atomic E-state index is 0.0789. The second-order valence-corrected chi connectivity index (χ2v) is 3.95. The lowest BCUT2D eigenvalue weighted by Crippen LogP contribution is -2.31. The van der Waals surface area contributed by atoms with Crippen LogP contribution in [0.1, 0.15) is 24.8 Å². The zero-order chi connectivity index (χ0) is 10.6. The Labute approximate surface area is 87.2 Å². The summed E-state index contributed by atoms with van der Waals surface area (Å²) in [7, 11) is 0. The average Bonchev–Trinajstić information content (AvgIpc) is 2.65. The van der Waals surface area contributed by atoms with Crippen molar-refractivity contribution < 1.29 is 9.90 Å². The van der Waals surface area contributed by atoms with E-state index in [-0.39, 0.29) is 12.6 Å². The van der Waals surface area contributed by atoms with E-state index >= 15 is 0 Å². The van der Waals surface area contributed by atoms with Crippen molar-refractivity contribution in [3.05, 3.63) is 16.6 Å². The first-order valence-corrected chi connectivity index (χ1v) is 5.37. The van der Waals surface area contributed by atoms with Crippen LogP contribution in [-0.2, 0) is 4.79 Å². The second kappa shape index (κ2) is 5.07. The van der Waals surface area contributed by atoms with Gasteiger partial charge in [0.2, 0.25) is 0 Å². The number of rotatable bonds is 5. The Morgan fingerprint density at radius 1 is 1.79 bits per heavy atom. The normalized spacial score (nSPS) is 13.1. The summed E-state index contributed by atoms with van der Waals surface area (Å²) in [5.41, 5.74) is 1.76. The largest absolute Gasteiger partial charge is 0.480 e. The molecule has 0 radical (unpaired) electrons. The fourth-order valence-corrected chi connectivity index (χ4v) is 2.02. The van der Waals surface area contributed by atoms with E-state index in [4.69, 9.17) is 5.11 Å². The molecule has 0 spiro atoms.